The maximum absolute atomic E-state index is 6.39. The molecule has 0 bridgehead atoms. The highest BCUT2D eigenvalue weighted by Gasteiger charge is 2.25. The van der Waals surface area contributed by atoms with Crippen molar-refractivity contribution in [3.05, 3.63) is 30.1 Å². The number of rotatable bonds is 10. The average molecular weight is 455 g/mol. The predicted octanol–water partition coefficient (Wildman–Crippen LogP) is 3.14. The number of imidazole rings is 1. The smallest absolute Gasteiger partial charge is 0.152 e. The summed E-state index contributed by atoms with van der Waals surface area (Å²) in [6.07, 6.45) is 1.03. The summed E-state index contributed by atoms with van der Waals surface area (Å²) in [7, 11) is 2.19. The van der Waals surface area contributed by atoms with Crippen LogP contribution in [0.15, 0.2) is 24.3 Å². The Morgan fingerprint density at radius 3 is 2.61 bits per heavy atom. The minimum Gasteiger partial charge on any atom is -0.382 e. The first-order chi connectivity index (χ1) is 15.9. The molecule has 8 nitrogen and oxygen atoms in total. The van der Waals surface area contributed by atoms with E-state index in [4.69, 9.17) is 20.2 Å². The second-order valence-corrected chi connectivity index (χ2v) is 9.57. The number of anilines is 1. The molecule has 0 saturated carbocycles. The van der Waals surface area contributed by atoms with Crippen LogP contribution in [0.5, 0.6) is 0 Å². The van der Waals surface area contributed by atoms with E-state index in [1.54, 1.807) is 0 Å². The van der Waals surface area contributed by atoms with E-state index < -0.39 is 0 Å². The number of nitrogen functional groups attached to an aromatic ring is 1. The monoisotopic (exact) mass is 454 g/mol. The lowest BCUT2D eigenvalue weighted by Crippen LogP contribution is -2.45. The van der Waals surface area contributed by atoms with Gasteiger partial charge in [0.05, 0.1) is 23.2 Å². The van der Waals surface area contributed by atoms with Gasteiger partial charge in [-0.05, 0) is 40.3 Å². The number of aromatic nitrogens is 3. The SMILES string of the molecule is CCOCc1nc2c(N)nc3ccccc3c2n1CC(C)(C)OCCCN1CCN(C)CC1. The summed E-state index contributed by atoms with van der Waals surface area (Å²) < 4.78 is 14.3. The molecule has 0 aliphatic carbocycles. The van der Waals surface area contributed by atoms with Gasteiger partial charge in [-0.25, -0.2) is 9.97 Å². The fourth-order valence-electron chi connectivity index (χ4n) is 4.51. The number of benzene rings is 1. The first-order valence-corrected chi connectivity index (χ1v) is 12.0. The van der Waals surface area contributed by atoms with Crippen LogP contribution >= 0.6 is 0 Å². The molecule has 3 heterocycles. The fourth-order valence-corrected chi connectivity index (χ4v) is 4.51. The Hall–Kier alpha value is -2.26. The van der Waals surface area contributed by atoms with E-state index in [9.17, 15) is 0 Å². The van der Waals surface area contributed by atoms with Crippen molar-refractivity contribution in [2.45, 2.75) is 45.9 Å². The van der Waals surface area contributed by atoms with E-state index in [0.717, 1.165) is 73.5 Å². The number of nitrogens with zero attached hydrogens (tertiary/aromatic N) is 5. The third-order valence-electron chi connectivity index (χ3n) is 6.37. The number of nitrogens with two attached hydrogens (primary N) is 1. The summed E-state index contributed by atoms with van der Waals surface area (Å²) in [6.45, 7) is 14.4. The molecule has 1 saturated heterocycles. The van der Waals surface area contributed by atoms with E-state index in [1.807, 2.05) is 25.1 Å². The number of hydrogen-bond acceptors (Lipinski definition) is 7. The van der Waals surface area contributed by atoms with Crippen LogP contribution in [0.1, 0.15) is 33.0 Å². The van der Waals surface area contributed by atoms with Crippen molar-refractivity contribution in [3.8, 4) is 0 Å². The Kier molecular flexibility index (Phi) is 7.48. The third kappa shape index (κ3) is 5.63. The molecule has 0 amide bonds. The lowest BCUT2D eigenvalue weighted by atomic mass is 10.1. The summed E-state index contributed by atoms with van der Waals surface area (Å²) >= 11 is 0. The van der Waals surface area contributed by atoms with E-state index in [1.165, 1.54) is 0 Å². The molecule has 1 aromatic carbocycles. The summed E-state index contributed by atoms with van der Waals surface area (Å²) in [5.74, 6) is 1.30. The van der Waals surface area contributed by atoms with Crippen LogP contribution in [0.25, 0.3) is 21.9 Å². The van der Waals surface area contributed by atoms with Gasteiger partial charge < -0.3 is 29.6 Å². The van der Waals surface area contributed by atoms with Gasteiger partial charge in [0.1, 0.15) is 17.9 Å². The molecule has 8 heteroatoms. The van der Waals surface area contributed by atoms with Crippen molar-refractivity contribution in [2.24, 2.45) is 0 Å². The molecule has 0 spiro atoms. The van der Waals surface area contributed by atoms with Crippen LogP contribution in [0.2, 0.25) is 0 Å². The number of para-hydroxylation sites is 1. The molecule has 1 aliphatic rings. The minimum atomic E-state index is -0.365. The van der Waals surface area contributed by atoms with Crippen LogP contribution in [0.4, 0.5) is 5.82 Å². The maximum atomic E-state index is 6.39. The molecule has 33 heavy (non-hydrogen) atoms. The highest BCUT2D eigenvalue weighted by Crippen LogP contribution is 2.30. The van der Waals surface area contributed by atoms with Crippen LogP contribution < -0.4 is 5.73 Å². The van der Waals surface area contributed by atoms with Gasteiger partial charge in [0.2, 0.25) is 0 Å². The molecular formula is C25H38N6O2. The number of fused-ring (bicyclic) bond motifs is 3. The van der Waals surface area contributed by atoms with Crippen molar-refractivity contribution in [2.75, 3.05) is 58.7 Å². The summed E-state index contributed by atoms with van der Waals surface area (Å²) in [5.41, 5.74) is 8.55. The second kappa shape index (κ2) is 10.3. The summed E-state index contributed by atoms with van der Waals surface area (Å²) in [4.78, 5) is 14.3. The topological polar surface area (TPSA) is 81.7 Å². The van der Waals surface area contributed by atoms with Gasteiger partial charge in [0.15, 0.2) is 5.82 Å². The van der Waals surface area contributed by atoms with Crippen molar-refractivity contribution in [1.82, 2.24) is 24.3 Å². The molecule has 0 unspecified atom stereocenters. The zero-order valence-electron chi connectivity index (χ0n) is 20.5. The van der Waals surface area contributed by atoms with Gasteiger partial charge in [0.25, 0.3) is 0 Å². The number of piperazine rings is 1. The molecule has 2 N–H and O–H groups in total. The zero-order valence-corrected chi connectivity index (χ0v) is 20.5. The largest absolute Gasteiger partial charge is 0.382 e. The van der Waals surface area contributed by atoms with Crippen molar-refractivity contribution in [1.29, 1.82) is 0 Å². The normalized spacial score (nSPS) is 16.2. The molecular weight excluding hydrogens is 416 g/mol. The lowest BCUT2D eigenvalue weighted by Gasteiger charge is -2.33. The number of pyridine rings is 1. The highest BCUT2D eigenvalue weighted by atomic mass is 16.5. The van der Waals surface area contributed by atoms with Crippen LogP contribution in [-0.2, 0) is 22.6 Å². The molecule has 1 aliphatic heterocycles. The summed E-state index contributed by atoms with van der Waals surface area (Å²) in [6, 6.07) is 8.08. The van der Waals surface area contributed by atoms with E-state index in [2.05, 4.69) is 46.3 Å². The first-order valence-electron chi connectivity index (χ1n) is 12.0. The maximum Gasteiger partial charge on any atom is 0.152 e. The zero-order chi connectivity index (χ0) is 23.4. The van der Waals surface area contributed by atoms with Gasteiger partial charge in [-0.2, -0.15) is 0 Å². The molecule has 0 radical (unpaired) electrons. The predicted molar refractivity (Wildman–Crippen MR) is 133 cm³/mol. The van der Waals surface area contributed by atoms with Gasteiger partial charge >= 0.3 is 0 Å². The molecule has 1 fully saturated rings. The fraction of sp³-hybridized carbons (Fsp3) is 0.600. The highest BCUT2D eigenvalue weighted by molar-refractivity contribution is 6.06. The number of likely N-dealkylation sites (N-methyl/N-ethyl adjacent to an activating group) is 1. The van der Waals surface area contributed by atoms with Crippen LogP contribution in [0.3, 0.4) is 0 Å². The first kappa shape index (κ1) is 23.9. The second-order valence-electron chi connectivity index (χ2n) is 9.57. The molecule has 2 aromatic heterocycles. The lowest BCUT2D eigenvalue weighted by molar-refractivity contribution is -0.0338. The van der Waals surface area contributed by atoms with Crippen molar-refractivity contribution < 1.29 is 9.47 Å². The quantitative estimate of drug-likeness (QED) is 0.471. The van der Waals surface area contributed by atoms with Gasteiger partial charge in [-0.3, -0.25) is 0 Å². The molecule has 4 rings (SSSR count). The van der Waals surface area contributed by atoms with E-state index in [-0.39, 0.29) is 5.60 Å². The van der Waals surface area contributed by atoms with Gasteiger partial charge in [-0.1, -0.05) is 18.2 Å². The minimum absolute atomic E-state index is 0.365. The van der Waals surface area contributed by atoms with Crippen LogP contribution in [0, 0.1) is 0 Å². The Labute approximate surface area is 196 Å². The van der Waals surface area contributed by atoms with E-state index >= 15 is 0 Å². The van der Waals surface area contributed by atoms with Gasteiger partial charge in [0, 0.05) is 51.3 Å². The number of hydrogen-bond donors (Lipinski definition) is 1. The van der Waals surface area contributed by atoms with Crippen molar-refractivity contribution in [3.63, 3.8) is 0 Å². The Morgan fingerprint density at radius 1 is 1.09 bits per heavy atom. The Bertz CT molecular complexity index is 1070. The Morgan fingerprint density at radius 2 is 1.85 bits per heavy atom. The van der Waals surface area contributed by atoms with Gasteiger partial charge in [-0.15, -0.1) is 0 Å². The van der Waals surface area contributed by atoms with Crippen LogP contribution in [-0.4, -0.2) is 82.9 Å². The molecule has 180 valence electrons. The van der Waals surface area contributed by atoms with Crippen molar-refractivity contribution >= 4 is 27.8 Å². The summed E-state index contributed by atoms with van der Waals surface area (Å²) in [5, 5.41) is 1.04. The average Bonchev–Trinajstić information content (AvgIpc) is 3.15. The number of ether oxygens (including phenoxy) is 2. The standard InChI is InChI=1S/C25H38N6O2/c1-5-32-17-21-28-22-23(19-9-6-7-10-20(19)27-24(22)26)31(21)18-25(2,3)33-16-8-11-30-14-12-29(4)13-15-30/h6-7,9-10H,5,8,11-18H2,1-4H3,(H2,26,27). The molecule has 0 atom stereocenters. The van der Waals surface area contributed by atoms with E-state index in [0.29, 0.717) is 25.6 Å². The third-order valence-corrected chi connectivity index (χ3v) is 6.37. The molecule has 3 aromatic rings. The Balaban J connectivity index is 1.52.